The average molecular weight is 204 g/mol. The molecule has 2 heterocycles. The first-order valence-corrected chi connectivity index (χ1v) is 4.68. The summed E-state index contributed by atoms with van der Waals surface area (Å²) >= 11 is 0. The van der Waals surface area contributed by atoms with E-state index < -0.39 is 6.10 Å². The Labute approximate surface area is 87.4 Å². The maximum atomic E-state index is 9.90. The highest BCUT2D eigenvalue weighted by atomic mass is 16.3. The third-order valence-electron chi connectivity index (χ3n) is 2.29. The second kappa shape index (κ2) is 4.18. The molecule has 0 fully saturated rings. The summed E-state index contributed by atoms with van der Waals surface area (Å²) in [5.74, 6) is 0.847. The number of aromatic nitrogens is 4. The van der Waals surface area contributed by atoms with E-state index in [0.717, 1.165) is 11.4 Å². The highest BCUT2D eigenvalue weighted by molar-refractivity contribution is 5.11. The highest BCUT2D eigenvalue weighted by Gasteiger charge is 2.11. The van der Waals surface area contributed by atoms with Crippen molar-refractivity contribution in [2.75, 3.05) is 0 Å². The van der Waals surface area contributed by atoms with E-state index in [1.165, 1.54) is 0 Å². The van der Waals surface area contributed by atoms with E-state index >= 15 is 0 Å². The summed E-state index contributed by atoms with van der Waals surface area (Å²) in [6.45, 7) is 0. The Bertz CT molecular complexity index is 426. The summed E-state index contributed by atoms with van der Waals surface area (Å²) < 4.78 is 1.89. The molecule has 0 radical (unpaired) electrons. The molecule has 2 rings (SSSR count). The van der Waals surface area contributed by atoms with Crippen LogP contribution in [0, 0.1) is 0 Å². The Morgan fingerprint density at radius 1 is 1.40 bits per heavy atom. The third kappa shape index (κ3) is 2.19. The van der Waals surface area contributed by atoms with E-state index in [0.29, 0.717) is 6.42 Å². The van der Waals surface area contributed by atoms with Gasteiger partial charge in [-0.2, -0.15) is 10.2 Å². The van der Waals surface area contributed by atoms with Crippen LogP contribution in [0.25, 0.3) is 0 Å². The number of hydrogen-bond donors (Lipinski definition) is 1. The second-order valence-corrected chi connectivity index (χ2v) is 3.35. The van der Waals surface area contributed by atoms with Gasteiger partial charge in [-0.1, -0.05) is 0 Å². The summed E-state index contributed by atoms with van der Waals surface area (Å²) in [6, 6.07) is 1.75. The van der Waals surface area contributed by atoms with Gasteiger partial charge in [-0.15, -0.1) is 0 Å². The lowest BCUT2D eigenvalue weighted by atomic mass is 10.1. The minimum Gasteiger partial charge on any atom is -0.388 e. The lowest BCUT2D eigenvalue weighted by molar-refractivity contribution is 0.174. The average Bonchev–Trinajstić information content (AvgIpc) is 2.66. The molecule has 0 aliphatic carbocycles. The Morgan fingerprint density at radius 2 is 2.27 bits per heavy atom. The van der Waals surface area contributed by atoms with E-state index in [4.69, 9.17) is 0 Å². The van der Waals surface area contributed by atoms with Gasteiger partial charge in [0.2, 0.25) is 0 Å². The van der Waals surface area contributed by atoms with Gasteiger partial charge in [0.1, 0.15) is 5.82 Å². The van der Waals surface area contributed by atoms with Crippen molar-refractivity contribution in [3.05, 3.63) is 42.2 Å². The molecule has 5 heteroatoms. The van der Waals surface area contributed by atoms with Crippen LogP contribution >= 0.6 is 0 Å². The normalized spacial score (nSPS) is 12.7. The molecule has 0 spiro atoms. The largest absolute Gasteiger partial charge is 0.388 e. The first-order valence-electron chi connectivity index (χ1n) is 4.68. The van der Waals surface area contributed by atoms with Crippen molar-refractivity contribution in [2.24, 2.45) is 7.05 Å². The molecule has 2 aromatic rings. The lowest BCUT2D eigenvalue weighted by Gasteiger charge is -2.09. The molecule has 0 amide bonds. The molecule has 15 heavy (non-hydrogen) atoms. The van der Waals surface area contributed by atoms with E-state index in [9.17, 15) is 5.11 Å². The summed E-state index contributed by atoms with van der Waals surface area (Å²) in [5.41, 5.74) is 0.757. The van der Waals surface area contributed by atoms with Gasteiger partial charge >= 0.3 is 0 Å². The van der Waals surface area contributed by atoms with Gasteiger partial charge in [0, 0.05) is 37.6 Å². The molecule has 78 valence electrons. The van der Waals surface area contributed by atoms with Crippen LogP contribution < -0.4 is 0 Å². The Kier molecular flexibility index (Phi) is 2.73. The molecule has 5 nitrogen and oxygen atoms in total. The number of rotatable bonds is 3. The SMILES string of the molecule is Cn1ccnc1CC(O)c1ccnnc1. The number of aryl methyl sites for hydroxylation is 1. The smallest absolute Gasteiger partial charge is 0.111 e. The zero-order valence-electron chi connectivity index (χ0n) is 8.41. The first kappa shape index (κ1) is 9.79. The van der Waals surface area contributed by atoms with Crippen molar-refractivity contribution in [1.29, 1.82) is 0 Å². The maximum absolute atomic E-state index is 9.90. The monoisotopic (exact) mass is 204 g/mol. The molecule has 0 aliphatic heterocycles. The zero-order chi connectivity index (χ0) is 10.7. The van der Waals surface area contributed by atoms with Crippen LogP contribution in [0.4, 0.5) is 0 Å². The maximum Gasteiger partial charge on any atom is 0.111 e. The van der Waals surface area contributed by atoms with Crippen molar-refractivity contribution >= 4 is 0 Å². The van der Waals surface area contributed by atoms with Gasteiger partial charge in [0.05, 0.1) is 12.3 Å². The van der Waals surface area contributed by atoms with Crippen molar-refractivity contribution in [1.82, 2.24) is 19.7 Å². The summed E-state index contributed by atoms with van der Waals surface area (Å²) in [7, 11) is 1.90. The molecular weight excluding hydrogens is 192 g/mol. The third-order valence-corrected chi connectivity index (χ3v) is 2.29. The van der Waals surface area contributed by atoms with Gasteiger partial charge in [-0.05, 0) is 6.07 Å². The number of hydrogen-bond acceptors (Lipinski definition) is 4. The minimum atomic E-state index is -0.582. The summed E-state index contributed by atoms with van der Waals surface area (Å²) in [5, 5.41) is 17.3. The number of aliphatic hydroxyl groups is 1. The van der Waals surface area contributed by atoms with Crippen LogP contribution in [0.3, 0.4) is 0 Å². The topological polar surface area (TPSA) is 63.8 Å². The molecule has 0 bridgehead atoms. The van der Waals surface area contributed by atoms with Gasteiger partial charge in [-0.3, -0.25) is 0 Å². The van der Waals surface area contributed by atoms with Crippen LogP contribution in [0.5, 0.6) is 0 Å². The molecule has 2 aromatic heterocycles. The fraction of sp³-hybridized carbons (Fsp3) is 0.300. The molecule has 0 saturated heterocycles. The van der Waals surface area contributed by atoms with Crippen LogP contribution in [0.1, 0.15) is 17.5 Å². The molecule has 1 unspecified atom stereocenters. The van der Waals surface area contributed by atoms with E-state index in [1.807, 2.05) is 17.8 Å². The Hall–Kier alpha value is -1.75. The van der Waals surface area contributed by atoms with Gasteiger partial charge in [0.15, 0.2) is 0 Å². The van der Waals surface area contributed by atoms with Gasteiger partial charge in [-0.25, -0.2) is 4.98 Å². The van der Waals surface area contributed by atoms with Crippen LogP contribution in [-0.2, 0) is 13.5 Å². The number of imidazole rings is 1. The van der Waals surface area contributed by atoms with Gasteiger partial charge in [0.25, 0.3) is 0 Å². The quantitative estimate of drug-likeness (QED) is 0.790. The summed E-state index contributed by atoms with van der Waals surface area (Å²) in [6.07, 6.45) is 6.60. The Morgan fingerprint density at radius 3 is 2.87 bits per heavy atom. The van der Waals surface area contributed by atoms with E-state index in [1.54, 1.807) is 24.7 Å². The first-order chi connectivity index (χ1) is 7.27. The van der Waals surface area contributed by atoms with Crippen LogP contribution in [-0.4, -0.2) is 24.9 Å². The van der Waals surface area contributed by atoms with Crippen molar-refractivity contribution in [3.63, 3.8) is 0 Å². The predicted octanol–water partition coefficient (Wildman–Crippen LogP) is 0.486. The fourth-order valence-corrected chi connectivity index (χ4v) is 1.38. The van der Waals surface area contributed by atoms with Crippen molar-refractivity contribution in [3.8, 4) is 0 Å². The highest BCUT2D eigenvalue weighted by Crippen LogP contribution is 2.15. The van der Waals surface area contributed by atoms with E-state index in [-0.39, 0.29) is 0 Å². The predicted molar refractivity (Wildman–Crippen MR) is 53.9 cm³/mol. The van der Waals surface area contributed by atoms with Crippen LogP contribution in [0.15, 0.2) is 30.9 Å². The fourth-order valence-electron chi connectivity index (χ4n) is 1.38. The molecule has 1 atom stereocenters. The molecule has 0 saturated carbocycles. The molecule has 0 aliphatic rings. The number of aliphatic hydroxyl groups excluding tert-OH is 1. The second-order valence-electron chi connectivity index (χ2n) is 3.35. The summed E-state index contributed by atoms with van der Waals surface area (Å²) in [4.78, 5) is 4.15. The zero-order valence-corrected chi connectivity index (χ0v) is 8.41. The van der Waals surface area contributed by atoms with E-state index in [2.05, 4.69) is 15.2 Å². The number of nitrogens with zero attached hydrogens (tertiary/aromatic N) is 4. The molecule has 1 N–H and O–H groups in total. The lowest BCUT2D eigenvalue weighted by Crippen LogP contribution is -2.07. The standard InChI is InChI=1S/C10H12N4O/c1-14-5-4-11-10(14)6-9(15)8-2-3-12-13-7-8/h2-5,7,9,15H,6H2,1H3. The van der Waals surface area contributed by atoms with Gasteiger partial charge < -0.3 is 9.67 Å². The van der Waals surface area contributed by atoms with Crippen molar-refractivity contribution < 1.29 is 5.11 Å². The molecular formula is C10H12N4O. The Balaban J connectivity index is 2.11. The molecule has 0 aromatic carbocycles. The van der Waals surface area contributed by atoms with Crippen LogP contribution in [0.2, 0.25) is 0 Å². The minimum absolute atomic E-state index is 0.481. The van der Waals surface area contributed by atoms with Crippen molar-refractivity contribution in [2.45, 2.75) is 12.5 Å².